The molecular weight excluding hydrogens is 308 g/mol. The lowest BCUT2D eigenvalue weighted by Gasteiger charge is -2.05. The zero-order valence-corrected chi connectivity index (χ0v) is 13.2. The molecule has 6 heteroatoms. The lowest BCUT2D eigenvalue weighted by atomic mass is 10.1. The molecular formula is C18H16N2O4. The normalized spacial score (nSPS) is 12.7. The molecule has 0 unspecified atom stereocenters. The Kier molecular flexibility index (Phi) is 3.37. The van der Waals surface area contributed by atoms with Gasteiger partial charge in [0.25, 0.3) is 0 Å². The minimum Gasteiger partial charge on any atom is -0.481 e. The number of ether oxygens (including phenoxy) is 2. The van der Waals surface area contributed by atoms with E-state index in [9.17, 15) is 4.79 Å². The molecule has 122 valence electrons. The molecule has 2 aromatic heterocycles. The molecule has 0 saturated heterocycles. The number of nitrogens with zero attached hydrogens (tertiary/aromatic N) is 2. The van der Waals surface area contributed by atoms with Crippen LogP contribution in [0.5, 0.6) is 11.5 Å². The molecule has 0 fully saturated rings. The number of aryl methyl sites for hydroxylation is 2. The molecule has 0 saturated carbocycles. The average Bonchev–Trinajstić information content (AvgIpc) is 3.17. The van der Waals surface area contributed by atoms with Gasteiger partial charge in [0.1, 0.15) is 5.65 Å². The molecule has 6 nitrogen and oxygen atoms in total. The molecule has 0 bridgehead atoms. The second-order valence-corrected chi connectivity index (χ2v) is 5.75. The number of pyridine rings is 1. The Morgan fingerprint density at radius 2 is 2.12 bits per heavy atom. The largest absolute Gasteiger partial charge is 0.481 e. The standard InChI is InChI=1S/C18H16N2O4/c1-11-3-2-8-20-13(5-7-16(21)22)17(19-18(11)20)12-4-6-14-15(9-12)24-10-23-14/h2-4,6,8-9H,5,7,10H2,1H3,(H,21,22). The summed E-state index contributed by atoms with van der Waals surface area (Å²) in [6, 6.07) is 9.61. The summed E-state index contributed by atoms with van der Waals surface area (Å²) < 4.78 is 12.8. The van der Waals surface area contributed by atoms with E-state index in [4.69, 9.17) is 19.6 Å². The smallest absolute Gasteiger partial charge is 0.303 e. The van der Waals surface area contributed by atoms with Crippen LogP contribution in [0.1, 0.15) is 17.7 Å². The topological polar surface area (TPSA) is 73.1 Å². The van der Waals surface area contributed by atoms with Gasteiger partial charge >= 0.3 is 5.97 Å². The van der Waals surface area contributed by atoms with Gasteiger partial charge in [-0.1, -0.05) is 6.07 Å². The summed E-state index contributed by atoms with van der Waals surface area (Å²) in [5, 5.41) is 9.06. The van der Waals surface area contributed by atoms with Crippen LogP contribution < -0.4 is 9.47 Å². The van der Waals surface area contributed by atoms with Crippen molar-refractivity contribution in [3.05, 3.63) is 47.8 Å². The minimum absolute atomic E-state index is 0.0548. The lowest BCUT2D eigenvalue weighted by Crippen LogP contribution is -2.01. The Balaban J connectivity index is 1.88. The zero-order valence-electron chi connectivity index (χ0n) is 13.2. The number of rotatable bonds is 4. The van der Waals surface area contributed by atoms with Gasteiger partial charge in [0.2, 0.25) is 6.79 Å². The first kappa shape index (κ1) is 14.6. The first-order valence-corrected chi connectivity index (χ1v) is 7.72. The Morgan fingerprint density at radius 1 is 1.29 bits per heavy atom. The van der Waals surface area contributed by atoms with Crippen LogP contribution >= 0.6 is 0 Å². The van der Waals surface area contributed by atoms with Gasteiger partial charge in [-0.15, -0.1) is 0 Å². The van der Waals surface area contributed by atoms with Crippen LogP contribution in [0.2, 0.25) is 0 Å². The van der Waals surface area contributed by atoms with Crippen LogP contribution in [0.15, 0.2) is 36.5 Å². The van der Waals surface area contributed by atoms with E-state index in [2.05, 4.69) is 0 Å². The van der Waals surface area contributed by atoms with Crippen molar-refractivity contribution in [1.29, 1.82) is 0 Å². The fourth-order valence-corrected chi connectivity index (χ4v) is 2.99. The summed E-state index contributed by atoms with van der Waals surface area (Å²) in [4.78, 5) is 15.8. The van der Waals surface area contributed by atoms with Crippen molar-refractivity contribution < 1.29 is 19.4 Å². The lowest BCUT2D eigenvalue weighted by molar-refractivity contribution is -0.136. The fourth-order valence-electron chi connectivity index (χ4n) is 2.99. The van der Waals surface area contributed by atoms with Gasteiger partial charge in [0.05, 0.1) is 17.8 Å². The number of hydrogen-bond acceptors (Lipinski definition) is 4. The van der Waals surface area contributed by atoms with E-state index >= 15 is 0 Å². The van der Waals surface area contributed by atoms with Crippen molar-refractivity contribution in [2.45, 2.75) is 19.8 Å². The Morgan fingerprint density at radius 3 is 2.96 bits per heavy atom. The van der Waals surface area contributed by atoms with Crippen LogP contribution in [0, 0.1) is 6.92 Å². The molecule has 1 N–H and O–H groups in total. The van der Waals surface area contributed by atoms with Crippen molar-refractivity contribution >= 4 is 11.6 Å². The van der Waals surface area contributed by atoms with E-state index < -0.39 is 5.97 Å². The third-order valence-electron chi connectivity index (χ3n) is 4.17. The maximum absolute atomic E-state index is 11.0. The molecule has 1 aromatic carbocycles. The van der Waals surface area contributed by atoms with Crippen molar-refractivity contribution in [2.75, 3.05) is 6.79 Å². The number of carboxylic acid groups (broad SMARTS) is 1. The molecule has 24 heavy (non-hydrogen) atoms. The maximum Gasteiger partial charge on any atom is 0.303 e. The van der Waals surface area contributed by atoms with Gasteiger partial charge in [0.15, 0.2) is 11.5 Å². The Labute approximate surface area is 138 Å². The van der Waals surface area contributed by atoms with Crippen LogP contribution in [-0.2, 0) is 11.2 Å². The molecule has 0 atom stereocenters. The van der Waals surface area contributed by atoms with Crippen LogP contribution in [0.4, 0.5) is 0 Å². The van der Waals surface area contributed by atoms with Gasteiger partial charge in [0, 0.05) is 18.2 Å². The van der Waals surface area contributed by atoms with Gasteiger partial charge in [-0.2, -0.15) is 0 Å². The van der Waals surface area contributed by atoms with Crippen molar-refractivity contribution in [3.63, 3.8) is 0 Å². The molecule has 0 aliphatic carbocycles. The van der Waals surface area contributed by atoms with E-state index in [1.54, 1.807) is 0 Å². The summed E-state index contributed by atoms with van der Waals surface area (Å²) >= 11 is 0. The number of benzene rings is 1. The second kappa shape index (κ2) is 5.56. The first-order chi connectivity index (χ1) is 11.6. The number of carbonyl (C=O) groups is 1. The molecule has 1 aliphatic rings. The van der Waals surface area contributed by atoms with Crippen molar-refractivity contribution in [3.8, 4) is 22.8 Å². The third-order valence-corrected chi connectivity index (χ3v) is 4.17. The summed E-state index contributed by atoms with van der Waals surface area (Å²) in [5.74, 6) is 0.575. The predicted molar refractivity (Wildman–Crippen MR) is 87.4 cm³/mol. The van der Waals surface area contributed by atoms with Gasteiger partial charge < -0.3 is 19.0 Å². The SMILES string of the molecule is Cc1cccn2c(CCC(=O)O)c(-c3ccc4c(c3)OCO4)nc12. The molecule has 0 radical (unpaired) electrons. The molecule has 0 spiro atoms. The quantitative estimate of drug-likeness (QED) is 0.798. The molecule has 4 rings (SSSR count). The molecule has 3 heterocycles. The van der Waals surface area contributed by atoms with Crippen LogP contribution in [0.25, 0.3) is 16.9 Å². The maximum atomic E-state index is 11.0. The van der Waals surface area contributed by atoms with E-state index in [1.165, 1.54) is 0 Å². The highest BCUT2D eigenvalue weighted by atomic mass is 16.7. The summed E-state index contributed by atoms with van der Waals surface area (Å²) in [6.45, 7) is 2.21. The monoisotopic (exact) mass is 324 g/mol. The summed E-state index contributed by atoms with van der Waals surface area (Å²) in [6.07, 6.45) is 2.38. The fraction of sp³-hybridized carbons (Fsp3) is 0.222. The third kappa shape index (κ3) is 2.36. The predicted octanol–water partition coefficient (Wildman–Crippen LogP) is 3.06. The number of hydrogen-bond donors (Lipinski definition) is 1. The Bertz CT molecular complexity index is 946. The van der Waals surface area contributed by atoms with Gasteiger partial charge in [-0.05, 0) is 36.8 Å². The highest BCUT2D eigenvalue weighted by molar-refractivity contribution is 5.72. The minimum atomic E-state index is -0.825. The number of aliphatic carboxylic acids is 1. The summed E-state index contributed by atoms with van der Waals surface area (Å²) in [5.41, 5.74) is 4.44. The second-order valence-electron chi connectivity index (χ2n) is 5.75. The molecule has 3 aromatic rings. The molecule has 1 aliphatic heterocycles. The molecule has 0 amide bonds. The van der Waals surface area contributed by atoms with Gasteiger partial charge in [-0.3, -0.25) is 4.79 Å². The number of carboxylic acids is 1. The zero-order chi connectivity index (χ0) is 16.7. The van der Waals surface area contributed by atoms with Crippen molar-refractivity contribution in [1.82, 2.24) is 9.38 Å². The van der Waals surface area contributed by atoms with E-state index in [-0.39, 0.29) is 13.2 Å². The first-order valence-electron chi connectivity index (χ1n) is 7.72. The summed E-state index contributed by atoms with van der Waals surface area (Å²) in [7, 11) is 0. The Hall–Kier alpha value is -3.02. The highest BCUT2D eigenvalue weighted by Crippen LogP contribution is 2.37. The number of fused-ring (bicyclic) bond motifs is 2. The highest BCUT2D eigenvalue weighted by Gasteiger charge is 2.19. The van der Waals surface area contributed by atoms with Crippen LogP contribution in [-0.4, -0.2) is 27.3 Å². The number of imidazole rings is 1. The van der Waals surface area contributed by atoms with Gasteiger partial charge in [-0.25, -0.2) is 4.98 Å². The van der Waals surface area contributed by atoms with Crippen molar-refractivity contribution in [2.24, 2.45) is 0 Å². The average molecular weight is 324 g/mol. The van der Waals surface area contributed by atoms with E-state index in [0.717, 1.165) is 28.2 Å². The number of aromatic nitrogens is 2. The van der Waals surface area contributed by atoms with E-state index in [0.29, 0.717) is 17.9 Å². The van der Waals surface area contributed by atoms with Crippen LogP contribution in [0.3, 0.4) is 0 Å². The van der Waals surface area contributed by atoms with E-state index in [1.807, 2.05) is 47.9 Å².